The molecule has 0 saturated heterocycles. The van der Waals surface area contributed by atoms with Gasteiger partial charge in [-0.25, -0.2) is 4.79 Å². The Morgan fingerprint density at radius 1 is 1.22 bits per heavy atom. The van der Waals surface area contributed by atoms with Crippen LogP contribution in [0.3, 0.4) is 0 Å². The number of fused-ring (bicyclic) bond motifs is 1. The van der Waals surface area contributed by atoms with Gasteiger partial charge in [-0.15, -0.1) is 0 Å². The third kappa shape index (κ3) is 3.28. The SMILES string of the molecule is Cc1cc(Cl)ccc1Oc1cc2c(cc1Cl)C=C(C(=O)O)CO2. The van der Waals surface area contributed by atoms with Crippen molar-refractivity contribution in [1.82, 2.24) is 0 Å². The summed E-state index contributed by atoms with van der Waals surface area (Å²) in [7, 11) is 0. The van der Waals surface area contributed by atoms with Crippen LogP contribution in [0.2, 0.25) is 10.0 Å². The second-order valence-electron chi connectivity index (χ2n) is 5.10. The van der Waals surface area contributed by atoms with E-state index in [-0.39, 0.29) is 12.2 Å². The molecule has 4 nitrogen and oxygen atoms in total. The third-order valence-electron chi connectivity index (χ3n) is 3.41. The zero-order chi connectivity index (χ0) is 16.6. The Labute approximate surface area is 142 Å². The van der Waals surface area contributed by atoms with Crippen molar-refractivity contribution in [3.8, 4) is 17.2 Å². The predicted molar refractivity (Wildman–Crippen MR) is 88.8 cm³/mol. The van der Waals surface area contributed by atoms with Gasteiger partial charge in [0, 0.05) is 16.7 Å². The Kier molecular flexibility index (Phi) is 4.20. The van der Waals surface area contributed by atoms with E-state index in [4.69, 9.17) is 37.8 Å². The van der Waals surface area contributed by atoms with Crippen LogP contribution < -0.4 is 9.47 Å². The molecule has 0 unspecified atom stereocenters. The first-order chi connectivity index (χ1) is 10.9. The molecule has 2 aromatic carbocycles. The van der Waals surface area contributed by atoms with Crippen LogP contribution in [0.4, 0.5) is 0 Å². The van der Waals surface area contributed by atoms with Gasteiger partial charge in [-0.05, 0) is 42.8 Å². The largest absolute Gasteiger partial charge is 0.488 e. The smallest absolute Gasteiger partial charge is 0.335 e. The predicted octanol–water partition coefficient (Wildman–Crippen LogP) is 4.95. The number of rotatable bonds is 3. The Bertz CT molecular complexity index is 828. The molecule has 0 saturated carbocycles. The van der Waals surface area contributed by atoms with E-state index >= 15 is 0 Å². The summed E-state index contributed by atoms with van der Waals surface area (Å²) in [5, 5.41) is 10.0. The summed E-state index contributed by atoms with van der Waals surface area (Å²) in [4.78, 5) is 11.0. The molecule has 1 aliphatic rings. The first kappa shape index (κ1) is 15.7. The average molecular weight is 351 g/mol. The molecule has 23 heavy (non-hydrogen) atoms. The Hall–Kier alpha value is -2.17. The van der Waals surface area contributed by atoms with E-state index in [0.717, 1.165) is 5.56 Å². The quantitative estimate of drug-likeness (QED) is 0.850. The molecular weight excluding hydrogens is 339 g/mol. The van der Waals surface area contributed by atoms with Crippen molar-refractivity contribution in [1.29, 1.82) is 0 Å². The number of aryl methyl sites for hydroxylation is 1. The third-order valence-corrected chi connectivity index (χ3v) is 3.94. The fraction of sp³-hybridized carbons (Fsp3) is 0.118. The molecule has 0 bridgehead atoms. The maximum absolute atomic E-state index is 11.0. The summed E-state index contributed by atoms with van der Waals surface area (Å²) < 4.78 is 11.3. The highest BCUT2D eigenvalue weighted by molar-refractivity contribution is 6.32. The molecular formula is C17H12Cl2O4. The molecule has 1 aliphatic heterocycles. The standard InChI is InChI=1S/C17H12Cl2O4/c1-9-4-12(18)2-3-14(9)23-16-7-15-10(6-13(16)19)5-11(8-22-15)17(20)21/h2-7H,8H2,1H3,(H,20,21). The van der Waals surface area contributed by atoms with Crippen molar-refractivity contribution in [3.05, 3.63) is 57.1 Å². The summed E-state index contributed by atoms with van der Waals surface area (Å²) in [5.41, 5.74) is 1.66. The normalized spacial score (nSPS) is 12.9. The highest BCUT2D eigenvalue weighted by Crippen LogP contribution is 2.39. The number of hydrogen-bond donors (Lipinski definition) is 1. The molecule has 1 heterocycles. The van der Waals surface area contributed by atoms with Crippen LogP contribution in [0.5, 0.6) is 17.2 Å². The van der Waals surface area contributed by atoms with E-state index in [1.54, 1.807) is 36.4 Å². The van der Waals surface area contributed by atoms with Crippen molar-refractivity contribution in [3.63, 3.8) is 0 Å². The van der Waals surface area contributed by atoms with Crippen LogP contribution in [0.15, 0.2) is 35.9 Å². The summed E-state index contributed by atoms with van der Waals surface area (Å²) >= 11 is 12.2. The minimum Gasteiger partial charge on any atom is -0.488 e. The van der Waals surface area contributed by atoms with Crippen molar-refractivity contribution in [2.24, 2.45) is 0 Å². The van der Waals surface area contributed by atoms with Gasteiger partial charge in [0.1, 0.15) is 23.9 Å². The van der Waals surface area contributed by atoms with Gasteiger partial charge in [0.2, 0.25) is 0 Å². The van der Waals surface area contributed by atoms with Crippen LogP contribution in [-0.4, -0.2) is 17.7 Å². The molecule has 0 aliphatic carbocycles. The summed E-state index contributed by atoms with van der Waals surface area (Å²) in [6.45, 7) is 1.88. The monoisotopic (exact) mass is 350 g/mol. The molecule has 3 rings (SSSR count). The van der Waals surface area contributed by atoms with Crippen molar-refractivity contribution < 1.29 is 19.4 Å². The molecule has 0 aromatic heterocycles. The first-order valence-electron chi connectivity index (χ1n) is 6.78. The maximum Gasteiger partial charge on any atom is 0.335 e. The number of hydrogen-bond acceptors (Lipinski definition) is 3. The minimum atomic E-state index is -1.01. The van der Waals surface area contributed by atoms with Crippen molar-refractivity contribution in [2.75, 3.05) is 6.61 Å². The van der Waals surface area contributed by atoms with Gasteiger partial charge in [-0.3, -0.25) is 0 Å². The van der Waals surface area contributed by atoms with E-state index in [0.29, 0.717) is 32.9 Å². The van der Waals surface area contributed by atoms with Gasteiger partial charge in [-0.2, -0.15) is 0 Å². The Morgan fingerprint density at radius 2 is 2.00 bits per heavy atom. The highest BCUT2D eigenvalue weighted by atomic mass is 35.5. The van der Waals surface area contributed by atoms with Gasteiger partial charge in [0.05, 0.1) is 10.6 Å². The van der Waals surface area contributed by atoms with Crippen molar-refractivity contribution in [2.45, 2.75) is 6.92 Å². The minimum absolute atomic E-state index is 0.00335. The van der Waals surface area contributed by atoms with E-state index in [9.17, 15) is 4.79 Å². The topological polar surface area (TPSA) is 55.8 Å². The molecule has 0 atom stereocenters. The highest BCUT2D eigenvalue weighted by Gasteiger charge is 2.19. The molecule has 0 fully saturated rings. The van der Waals surface area contributed by atoms with E-state index in [1.807, 2.05) is 6.92 Å². The zero-order valence-electron chi connectivity index (χ0n) is 12.1. The van der Waals surface area contributed by atoms with Gasteiger partial charge in [-0.1, -0.05) is 23.2 Å². The average Bonchev–Trinajstić information content (AvgIpc) is 2.50. The second-order valence-corrected chi connectivity index (χ2v) is 5.94. The molecule has 6 heteroatoms. The number of carbonyl (C=O) groups is 1. The summed E-state index contributed by atoms with van der Waals surface area (Å²) in [6.07, 6.45) is 1.55. The fourth-order valence-corrected chi connectivity index (χ4v) is 2.66. The second kappa shape index (κ2) is 6.14. The number of halogens is 2. The van der Waals surface area contributed by atoms with Crippen LogP contribution >= 0.6 is 23.2 Å². The van der Waals surface area contributed by atoms with Gasteiger partial charge < -0.3 is 14.6 Å². The van der Waals surface area contributed by atoms with E-state index < -0.39 is 5.97 Å². The summed E-state index contributed by atoms with van der Waals surface area (Å²) in [6, 6.07) is 8.56. The number of ether oxygens (including phenoxy) is 2. The molecule has 2 aromatic rings. The van der Waals surface area contributed by atoms with E-state index in [2.05, 4.69) is 0 Å². The van der Waals surface area contributed by atoms with Gasteiger partial charge in [0.15, 0.2) is 0 Å². The lowest BCUT2D eigenvalue weighted by Crippen LogP contribution is -2.14. The van der Waals surface area contributed by atoms with Crippen LogP contribution in [-0.2, 0) is 4.79 Å². The number of benzene rings is 2. The van der Waals surface area contributed by atoms with E-state index in [1.165, 1.54) is 0 Å². The lowest BCUT2D eigenvalue weighted by molar-refractivity contribution is -0.132. The Morgan fingerprint density at radius 3 is 2.70 bits per heavy atom. The number of carboxylic acid groups (broad SMARTS) is 1. The molecule has 0 spiro atoms. The summed E-state index contributed by atoms with van der Waals surface area (Å²) in [5.74, 6) is 0.585. The van der Waals surface area contributed by atoms with Crippen molar-refractivity contribution >= 4 is 35.2 Å². The number of aliphatic carboxylic acids is 1. The maximum atomic E-state index is 11.0. The van der Waals surface area contributed by atoms with Gasteiger partial charge in [0.25, 0.3) is 0 Å². The van der Waals surface area contributed by atoms with Crippen LogP contribution in [0.25, 0.3) is 6.08 Å². The lowest BCUT2D eigenvalue weighted by atomic mass is 10.1. The van der Waals surface area contributed by atoms with Gasteiger partial charge >= 0.3 is 5.97 Å². The Balaban J connectivity index is 1.95. The molecule has 118 valence electrons. The lowest BCUT2D eigenvalue weighted by Gasteiger charge is -2.18. The number of carboxylic acids is 1. The van der Waals surface area contributed by atoms with Crippen LogP contribution in [0.1, 0.15) is 11.1 Å². The molecule has 0 radical (unpaired) electrons. The molecule has 1 N–H and O–H groups in total. The fourth-order valence-electron chi connectivity index (χ4n) is 2.22. The zero-order valence-corrected chi connectivity index (χ0v) is 13.6. The molecule has 0 amide bonds. The first-order valence-corrected chi connectivity index (χ1v) is 7.54. The van der Waals surface area contributed by atoms with Crippen LogP contribution in [0, 0.1) is 6.92 Å².